The summed E-state index contributed by atoms with van der Waals surface area (Å²) in [6.45, 7) is 13.9. The second kappa shape index (κ2) is 7.59. The van der Waals surface area contributed by atoms with Crippen LogP contribution in [0, 0.1) is 25.7 Å². The monoisotopic (exact) mass is 386 g/mol. The predicted octanol–water partition coefficient (Wildman–Crippen LogP) is 6.83. The third kappa shape index (κ3) is 3.50. The molecule has 1 nitrogen and oxygen atoms in total. The van der Waals surface area contributed by atoms with Crippen LogP contribution < -0.4 is 4.57 Å². The Morgan fingerprint density at radius 3 is 2.14 bits per heavy atom. The standard InChI is InChI=1S/C28H36N/c1-17(2)27(18(3)4)23-11-12-25-24(15-23)14-20(6)29(7)28(25)26-16-22-10-8-9-21(22)13-19(26)5/h11-18,27H,8-10H2,1-7H3/q+1. The molecule has 29 heavy (non-hydrogen) atoms. The van der Waals surface area contributed by atoms with Crippen LogP contribution in [0.5, 0.6) is 0 Å². The van der Waals surface area contributed by atoms with E-state index in [1.807, 2.05) is 0 Å². The van der Waals surface area contributed by atoms with Gasteiger partial charge in [-0.2, -0.15) is 4.57 Å². The zero-order valence-corrected chi connectivity index (χ0v) is 19.3. The number of nitrogens with zero attached hydrogens (tertiary/aromatic N) is 1. The largest absolute Gasteiger partial charge is 0.220 e. The first-order valence-corrected chi connectivity index (χ1v) is 11.3. The topological polar surface area (TPSA) is 3.88 Å². The first-order chi connectivity index (χ1) is 13.8. The van der Waals surface area contributed by atoms with Crippen LogP contribution in [0.3, 0.4) is 0 Å². The highest BCUT2D eigenvalue weighted by Crippen LogP contribution is 2.37. The summed E-state index contributed by atoms with van der Waals surface area (Å²) in [5.74, 6) is 1.89. The van der Waals surface area contributed by atoms with Gasteiger partial charge in [-0.25, -0.2) is 0 Å². The summed E-state index contributed by atoms with van der Waals surface area (Å²) in [5.41, 5.74) is 10.1. The molecule has 0 radical (unpaired) electrons. The Morgan fingerprint density at radius 2 is 1.48 bits per heavy atom. The summed E-state index contributed by atoms with van der Waals surface area (Å²) in [6.07, 6.45) is 3.77. The summed E-state index contributed by atoms with van der Waals surface area (Å²) < 4.78 is 2.38. The van der Waals surface area contributed by atoms with Crippen LogP contribution in [-0.4, -0.2) is 0 Å². The van der Waals surface area contributed by atoms with Gasteiger partial charge >= 0.3 is 0 Å². The van der Waals surface area contributed by atoms with Crippen molar-refractivity contribution < 1.29 is 4.57 Å². The van der Waals surface area contributed by atoms with Gasteiger partial charge in [0.1, 0.15) is 7.05 Å². The average Bonchev–Trinajstić information content (AvgIpc) is 3.09. The number of hydrogen-bond acceptors (Lipinski definition) is 0. The first-order valence-electron chi connectivity index (χ1n) is 11.3. The zero-order valence-electron chi connectivity index (χ0n) is 19.3. The maximum Gasteiger partial charge on any atom is 0.220 e. The van der Waals surface area contributed by atoms with Gasteiger partial charge in [0.2, 0.25) is 5.69 Å². The summed E-state index contributed by atoms with van der Waals surface area (Å²) in [4.78, 5) is 0. The Kier molecular flexibility index (Phi) is 5.27. The minimum Gasteiger partial charge on any atom is -0.198 e. The molecule has 0 aliphatic heterocycles. The van der Waals surface area contributed by atoms with E-state index < -0.39 is 0 Å². The third-order valence-corrected chi connectivity index (χ3v) is 7.07. The van der Waals surface area contributed by atoms with E-state index in [2.05, 4.69) is 89.6 Å². The SMILES string of the molecule is Cc1cc2c(cc1-c1c3ccc(C(C(C)C)C(C)C)cc3cc(C)[n+]1C)CCC2. The second-order valence-electron chi connectivity index (χ2n) is 9.84. The maximum absolute atomic E-state index is 2.48. The first kappa shape index (κ1) is 20.1. The minimum atomic E-state index is 0.596. The minimum absolute atomic E-state index is 0.596. The van der Waals surface area contributed by atoms with Crippen LogP contribution in [-0.2, 0) is 19.9 Å². The number of aromatic nitrogens is 1. The molecule has 0 unspecified atom stereocenters. The molecule has 0 N–H and O–H groups in total. The van der Waals surface area contributed by atoms with Gasteiger partial charge in [0.05, 0.1) is 10.9 Å². The van der Waals surface area contributed by atoms with E-state index in [4.69, 9.17) is 0 Å². The van der Waals surface area contributed by atoms with Crippen molar-refractivity contribution in [1.82, 2.24) is 0 Å². The van der Waals surface area contributed by atoms with E-state index >= 15 is 0 Å². The van der Waals surface area contributed by atoms with Gasteiger partial charge in [0, 0.05) is 13.0 Å². The molecule has 3 aromatic rings. The quantitative estimate of drug-likeness (QED) is 0.433. The van der Waals surface area contributed by atoms with E-state index in [-0.39, 0.29) is 0 Å². The summed E-state index contributed by atoms with van der Waals surface area (Å²) in [7, 11) is 2.22. The van der Waals surface area contributed by atoms with Crippen molar-refractivity contribution in [2.75, 3.05) is 0 Å². The van der Waals surface area contributed by atoms with Crippen molar-refractivity contribution in [2.24, 2.45) is 18.9 Å². The van der Waals surface area contributed by atoms with Gasteiger partial charge in [0.15, 0.2) is 5.69 Å². The van der Waals surface area contributed by atoms with E-state index in [0.29, 0.717) is 17.8 Å². The predicted molar refractivity (Wildman–Crippen MR) is 124 cm³/mol. The Bertz CT molecular complexity index is 1060. The van der Waals surface area contributed by atoms with Crippen LogP contribution in [0.2, 0.25) is 0 Å². The summed E-state index contributed by atoms with van der Waals surface area (Å²) >= 11 is 0. The fourth-order valence-electron chi connectivity index (χ4n) is 5.67. The van der Waals surface area contributed by atoms with Gasteiger partial charge < -0.3 is 0 Å². The van der Waals surface area contributed by atoms with E-state index in [0.717, 1.165) is 0 Å². The molecule has 0 spiro atoms. The van der Waals surface area contributed by atoms with E-state index in [1.165, 1.54) is 58.1 Å². The number of pyridine rings is 1. The number of rotatable bonds is 4. The highest BCUT2D eigenvalue weighted by Gasteiger charge is 2.25. The van der Waals surface area contributed by atoms with Crippen LogP contribution in [0.15, 0.2) is 36.4 Å². The Labute approximate surface area is 176 Å². The Hall–Kier alpha value is -2.15. The van der Waals surface area contributed by atoms with Crippen molar-refractivity contribution in [1.29, 1.82) is 0 Å². The zero-order chi connectivity index (χ0) is 20.9. The molecule has 0 atom stereocenters. The molecule has 1 heteroatoms. The molecule has 1 aromatic heterocycles. The van der Waals surface area contributed by atoms with Crippen molar-refractivity contribution in [3.8, 4) is 11.3 Å². The van der Waals surface area contributed by atoms with Gasteiger partial charge in [-0.15, -0.1) is 0 Å². The van der Waals surface area contributed by atoms with Crippen molar-refractivity contribution in [2.45, 2.75) is 66.7 Å². The number of aryl methyl sites for hydroxylation is 4. The van der Waals surface area contributed by atoms with Crippen molar-refractivity contribution in [3.05, 3.63) is 64.3 Å². The molecule has 0 saturated heterocycles. The molecular formula is C28H36N+. The van der Waals surface area contributed by atoms with Gasteiger partial charge in [-0.3, -0.25) is 0 Å². The average molecular weight is 387 g/mol. The lowest BCUT2D eigenvalue weighted by atomic mass is 9.79. The molecular weight excluding hydrogens is 350 g/mol. The molecule has 0 fully saturated rings. The van der Waals surface area contributed by atoms with E-state index in [9.17, 15) is 0 Å². The van der Waals surface area contributed by atoms with Gasteiger partial charge in [-0.05, 0) is 83.7 Å². The lowest BCUT2D eigenvalue weighted by molar-refractivity contribution is -0.665. The Balaban J connectivity index is 1.95. The highest BCUT2D eigenvalue weighted by molar-refractivity contribution is 5.94. The Morgan fingerprint density at radius 1 is 0.828 bits per heavy atom. The molecule has 0 bridgehead atoms. The van der Waals surface area contributed by atoms with E-state index in [1.54, 1.807) is 11.1 Å². The smallest absolute Gasteiger partial charge is 0.198 e. The lowest BCUT2D eigenvalue weighted by Gasteiger charge is -2.25. The van der Waals surface area contributed by atoms with Gasteiger partial charge in [0.25, 0.3) is 0 Å². The lowest BCUT2D eigenvalue weighted by Crippen LogP contribution is -2.35. The molecule has 1 aliphatic rings. The van der Waals surface area contributed by atoms with Crippen LogP contribution in [0.1, 0.15) is 68.0 Å². The molecule has 4 rings (SSSR count). The van der Waals surface area contributed by atoms with Crippen LogP contribution in [0.4, 0.5) is 0 Å². The summed E-state index contributed by atoms with van der Waals surface area (Å²) in [5, 5.41) is 2.74. The molecule has 2 aromatic carbocycles. The second-order valence-corrected chi connectivity index (χ2v) is 9.84. The highest BCUT2D eigenvalue weighted by atomic mass is 14.9. The number of fused-ring (bicyclic) bond motifs is 2. The van der Waals surface area contributed by atoms with Crippen molar-refractivity contribution >= 4 is 10.8 Å². The maximum atomic E-state index is 2.48. The molecule has 0 amide bonds. The van der Waals surface area contributed by atoms with Gasteiger partial charge in [-0.1, -0.05) is 45.9 Å². The third-order valence-electron chi connectivity index (χ3n) is 7.07. The molecule has 0 saturated carbocycles. The summed E-state index contributed by atoms with van der Waals surface area (Å²) in [6, 6.07) is 14.5. The number of hydrogen-bond donors (Lipinski definition) is 0. The fourth-order valence-corrected chi connectivity index (χ4v) is 5.67. The molecule has 1 heterocycles. The normalized spacial score (nSPS) is 13.9. The number of benzene rings is 2. The fraction of sp³-hybridized carbons (Fsp3) is 0.464. The molecule has 1 aliphatic carbocycles. The van der Waals surface area contributed by atoms with Crippen LogP contribution in [0.25, 0.3) is 22.0 Å². The van der Waals surface area contributed by atoms with Crippen LogP contribution >= 0.6 is 0 Å². The van der Waals surface area contributed by atoms with Crippen molar-refractivity contribution in [3.63, 3.8) is 0 Å². The molecule has 152 valence electrons.